The first-order valence-electron chi connectivity index (χ1n) is 5.74. The quantitative estimate of drug-likeness (QED) is 0.687. The first-order valence-corrected chi connectivity index (χ1v) is 7.69. The summed E-state index contributed by atoms with van der Waals surface area (Å²) in [5.41, 5.74) is 0.975. The van der Waals surface area contributed by atoms with Gasteiger partial charge in [0.1, 0.15) is 16.5 Å². The Morgan fingerprint density at radius 1 is 1.11 bits per heavy atom. The highest BCUT2D eigenvalue weighted by Gasteiger charge is 2.11. The average molecular weight is 334 g/mol. The molecule has 2 nitrogen and oxygen atoms in total. The van der Waals surface area contributed by atoms with E-state index in [9.17, 15) is 0 Å². The van der Waals surface area contributed by atoms with Gasteiger partial charge in [0.15, 0.2) is 0 Å². The minimum Gasteiger partial charge on any atom is -0.229 e. The van der Waals surface area contributed by atoms with Gasteiger partial charge in [-0.05, 0) is 24.6 Å². The maximum atomic E-state index is 6.12. The predicted molar refractivity (Wildman–Crippen MR) is 81.6 cm³/mol. The van der Waals surface area contributed by atoms with Crippen LogP contribution in [-0.2, 0) is 6.42 Å². The van der Waals surface area contributed by atoms with Gasteiger partial charge in [-0.15, -0.1) is 0 Å². The van der Waals surface area contributed by atoms with Crippen LogP contribution in [0.5, 0.6) is 0 Å². The van der Waals surface area contributed by atoms with Crippen molar-refractivity contribution in [1.82, 2.24) is 9.97 Å². The largest absolute Gasteiger partial charge is 0.229 e. The molecule has 0 saturated heterocycles. The number of halogens is 3. The molecule has 1 heterocycles. The lowest BCUT2D eigenvalue weighted by molar-refractivity contribution is 0.856. The standard InChI is InChI=1S/C13H11Cl3N2S/c1-2-3-9-12(16)17-7-18-13(9)19-8-4-5-10(14)11(15)6-8/h4-7H,2-3H2,1H3. The molecule has 0 aliphatic heterocycles. The minimum atomic E-state index is 0.513. The van der Waals surface area contributed by atoms with Crippen molar-refractivity contribution in [1.29, 1.82) is 0 Å². The van der Waals surface area contributed by atoms with Crippen molar-refractivity contribution in [3.63, 3.8) is 0 Å². The Morgan fingerprint density at radius 3 is 2.58 bits per heavy atom. The molecule has 0 aliphatic carbocycles. The summed E-state index contributed by atoms with van der Waals surface area (Å²) in [5, 5.41) is 2.45. The first kappa shape index (κ1) is 14.9. The summed E-state index contributed by atoms with van der Waals surface area (Å²) < 4.78 is 0. The molecule has 19 heavy (non-hydrogen) atoms. The molecule has 100 valence electrons. The van der Waals surface area contributed by atoms with Gasteiger partial charge in [-0.3, -0.25) is 0 Å². The van der Waals surface area contributed by atoms with E-state index in [0.717, 1.165) is 28.3 Å². The summed E-state index contributed by atoms with van der Waals surface area (Å²) >= 11 is 19.5. The van der Waals surface area contributed by atoms with Crippen molar-refractivity contribution in [3.05, 3.63) is 45.3 Å². The van der Waals surface area contributed by atoms with Crippen LogP contribution in [0.15, 0.2) is 34.4 Å². The van der Waals surface area contributed by atoms with Gasteiger partial charge in [0.25, 0.3) is 0 Å². The first-order chi connectivity index (χ1) is 9.11. The van der Waals surface area contributed by atoms with E-state index in [2.05, 4.69) is 16.9 Å². The van der Waals surface area contributed by atoms with Crippen molar-refractivity contribution >= 4 is 46.6 Å². The zero-order valence-electron chi connectivity index (χ0n) is 10.2. The van der Waals surface area contributed by atoms with E-state index in [1.165, 1.54) is 18.1 Å². The molecule has 0 bridgehead atoms. The fourth-order valence-electron chi connectivity index (χ4n) is 1.58. The number of hydrogen-bond acceptors (Lipinski definition) is 3. The number of nitrogens with zero attached hydrogens (tertiary/aromatic N) is 2. The number of rotatable bonds is 4. The summed E-state index contributed by atoms with van der Waals surface area (Å²) in [5.74, 6) is 0. The maximum absolute atomic E-state index is 6.12. The highest BCUT2D eigenvalue weighted by Crippen LogP contribution is 2.34. The van der Waals surface area contributed by atoms with Gasteiger partial charge in [-0.1, -0.05) is 59.9 Å². The van der Waals surface area contributed by atoms with Crippen molar-refractivity contribution < 1.29 is 0 Å². The van der Waals surface area contributed by atoms with E-state index in [1.807, 2.05) is 12.1 Å². The fourth-order valence-corrected chi connectivity index (χ4v) is 3.18. The molecule has 2 aromatic rings. The van der Waals surface area contributed by atoms with E-state index in [0.29, 0.717) is 15.2 Å². The second kappa shape index (κ2) is 6.80. The molecule has 6 heteroatoms. The smallest absolute Gasteiger partial charge is 0.136 e. The van der Waals surface area contributed by atoms with Gasteiger partial charge < -0.3 is 0 Å². The topological polar surface area (TPSA) is 25.8 Å². The molecule has 0 radical (unpaired) electrons. The lowest BCUT2D eigenvalue weighted by atomic mass is 10.2. The normalized spacial score (nSPS) is 10.7. The van der Waals surface area contributed by atoms with Crippen molar-refractivity contribution in [2.24, 2.45) is 0 Å². The minimum absolute atomic E-state index is 0.513. The molecule has 0 amide bonds. The summed E-state index contributed by atoms with van der Waals surface area (Å²) in [4.78, 5) is 9.30. The Kier molecular flexibility index (Phi) is 5.34. The summed E-state index contributed by atoms with van der Waals surface area (Å²) in [7, 11) is 0. The van der Waals surface area contributed by atoms with Gasteiger partial charge >= 0.3 is 0 Å². The Labute approximate surface area is 131 Å². The van der Waals surface area contributed by atoms with Crippen LogP contribution in [0.3, 0.4) is 0 Å². The summed E-state index contributed by atoms with van der Waals surface area (Å²) in [6.07, 6.45) is 3.31. The van der Waals surface area contributed by atoms with Crippen molar-refractivity contribution in [3.8, 4) is 0 Å². The lowest BCUT2D eigenvalue weighted by Gasteiger charge is -2.08. The second-order valence-electron chi connectivity index (χ2n) is 3.88. The highest BCUT2D eigenvalue weighted by molar-refractivity contribution is 7.99. The molecular formula is C13H11Cl3N2S. The van der Waals surface area contributed by atoms with Crippen molar-refractivity contribution in [2.45, 2.75) is 29.7 Å². The van der Waals surface area contributed by atoms with Crippen LogP contribution in [0.25, 0.3) is 0 Å². The van der Waals surface area contributed by atoms with E-state index in [4.69, 9.17) is 34.8 Å². The number of hydrogen-bond donors (Lipinski definition) is 0. The van der Waals surface area contributed by atoms with Gasteiger partial charge in [0, 0.05) is 10.5 Å². The van der Waals surface area contributed by atoms with Crippen LogP contribution in [0.4, 0.5) is 0 Å². The number of benzene rings is 1. The van der Waals surface area contributed by atoms with Crippen LogP contribution in [0, 0.1) is 0 Å². The Morgan fingerprint density at radius 2 is 1.89 bits per heavy atom. The second-order valence-corrected chi connectivity index (χ2v) is 6.11. The predicted octanol–water partition coefficient (Wildman–Crippen LogP) is 5.54. The fraction of sp³-hybridized carbons (Fsp3) is 0.231. The third kappa shape index (κ3) is 3.76. The number of aromatic nitrogens is 2. The molecule has 0 atom stereocenters. The van der Waals surface area contributed by atoms with Gasteiger partial charge in [0.2, 0.25) is 0 Å². The molecule has 0 saturated carbocycles. The van der Waals surface area contributed by atoms with Crippen LogP contribution in [0.1, 0.15) is 18.9 Å². The summed E-state index contributed by atoms with van der Waals surface area (Å²) in [6, 6.07) is 5.50. The summed E-state index contributed by atoms with van der Waals surface area (Å²) in [6.45, 7) is 2.09. The van der Waals surface area contributed by atoms with Crippen LogP contribution < -0.4 is 0 Å². The molecular weight excluding hydrogens is 323 g/mol. The Balaban J connectivity index is 2.32. The van der Waals surface area contributed by atoms with E-state index in [1.54, 1.807) is 6.07 Å². The molecule has 0 spiro atoms. The third-order valence-corrected chi connectivity index (χ3v) is 4.56. The van der Waals surface area contributed by atoms with E-state index >= 15 is 0 Å². The zero-order valence-corrected chi connectivity index (χ0v) is 13.2. The maximum Gasteiger partial charge on any atom is 0.136 e. The monoisotopic (exact) mass is 332 g/mol. The van der Waals surface area contributed by atoms with Crippen LogP contribution in [-0.4, -0.2) is 9.97 Å². The van der Waals surface area contributed by atoms with E-state index in [-0.39, 0.29) is 0 Å². The molecule has 0 fully saturated rings. The average Bonchev–Trinajstić information content (AvgIpc) is 2.38. The SMILES string of the molecule is CCCc1c(Cl)ncnc1Sc1ccc(Cl)c(Cl)c1. The zero-order chi connectivity index (χ0) is 13.8. The Hall–Kier alpha value is -0.480. The molecule has 0 N–H and O–H groups in total. The van der Waals surface area contributed by atoms with Gasteiger partial charge in [0.05, 0.1) is 10.0 Å². The van der Waals surface area contributed by atoms with E-state index < -0.39 is 0 Å². The highest BCUT2D eigenvalue weighted by atomic mass is 35.5. The molecule has 0 aliphatic rings. The van der Waals surface area contributed by atoms with Gasteiger partial charge in [-0.25, -0.2) is 9.97 Å². The molecule has 1 aromatic carbocycles. The van der Waals surface area contributed by atoms with Gasteiger partial charge in [-0.2, -0.15) is 0 Å². The molecule has 2 rings (SSSR count). The van der Waals surface area contributed by atoms with Crippen molar-refractivity contribution in [2.75, 3.05) is 0 Å². The molecule has 0 unspecified atom stereocenters. The van der Waals surface area contributed by atoms with Crippen LogP contribution >= 0.6 is 46.6 Å². The third-order valence-electron chi connectivity index (χ3n) is 2.46. The van der Waals surface area contributed by atoms with Crippen LogP contribution in [0.2, 0.25) is 15.2 Å². The Bertz CT molecular complexity index is 590. The molecule has 1 aromatic heterocycles. The lowest BCUT2D eigenvalue weighted by Crippen LogP contribution is -1.95.